The average Bonchev–Trinajstić information content (AvgIpc) is 2.71. The molecule has 3 N–H and O–H groups in total. The zero-order chi connectivity index (χ0) is 15.8. The lowest BCUT2D eigenvalue weighted by Gasteiger charge is -2.07. The van der Waals surface area contributed by atoms with Crippen molar-refractivity contribution < 1.29 is 13.3 Å². The maximum Gasteiger partial charge on any atom is 0.289 e. The van der Waals surface area contributed by atoms with E-state index in [4.69, 9.17) is 17.3 Å². The third kappa shape index (κ3) is 3.23. The number of nitrogens with one attached hydrogen (secondary N) is 1. The molecule has 2 aromatic rings. The molecular formula is C10H9ClN4O4S2. The zero-order valence-corrected chi connectivity index (χ0v) is 12.9. The van der Waals surface area contributed by atoms with Gasteiger partial charge in [0, 0.05) is 6.07 Å². The van der Waals surface area contributed by atoms with Gasteiger partial charge in [0.05, 0.1) is 16.3 Å². The molecule has 0 aliphatic carbocycles. The lowest BCUT2D eigenvalue weighted by molar-refractivity contribution is -0.384. The fourth-order valence-electron chi connectivity index (χ4n) is 1.57. The first-order valence-electron chi connectivity index (χ1n) is 5.40. The van der Waals surface area contributed by atoms with Crippen LogP contribution in [0.25, 0.3) is 0 Å². The Bertz CT molecular complexity index is 818. The molecule has 0 saturated heterocycles. The standard InChI is InChI=1S/C10H9ClN4O4S2/c1-5-9(20-10(12)13-5)21(18,19)14-6-2-3-7(11)8(4-6)15(16)17/h2-4,14H,1H3,(H2,12,13). The highest BCUT2D eigenvalue weighted by Crippen LogP contribution is 2.30. The highest BCUT2D eigenvalue weighted by Gasteiger charge is 2.22. The van der Waals surface area contributed by atoms with Crippen LogP contribution in [0.3, 0.4) is 0 Å². The van der Waals surface area contributed by atoms with Gasteiger partial charge in [-0.15, -0.1) is 0 Å². The van der Waals surface area contributed by atoms with Crippen molar-refractivity contribution in [3.63, 3.8) is 0 Å². The van der Waals surface area contributed by atoms with Crippen LogP contribution in [-0.2, 0) is 10.0 Å². The van der Waals surface area contributed by atoms with E-state index in [1.165, 1.54) is 19.1 Å². The minimum absolute atomic E-state index is 0.0254. The lowest BCUT2D eigenvalue weighted by atomic mass is 10.3. The molecule has 0 amide bonds. The van der Waals surface area contributed by atoms with Crippen molar-refractivity contribution in [2.45, 2.75) is 11.1 Å². The minimum Gasteiger partial charge on any atom is -0.375 e. The van der Waals surface area contributed by atoms with Crippen LogP contribution >= 0.6 is 22.9 Å². The summed E-state index contributed by atoms with van der Waals surface area (Å²) in [5.41, 5.74) is 5.35. The Morgan fingerprint density at radius 2 is 2.14 bits per heavy atom. The predicted octanol–water partition coefficient (Wildman–Crippen LogP) is 2.40. The van der Waals surface area contributed by atoms with E-state index in [9.17, 15) is 18.5 Å². The Kier molecular flexibility index (Phi) is 4.03. The van der Waals surface area contributed by atoms with Crippen LogP contribution in [-0.4, -0.2) is 18.3 Å². The summed E-state index contributed by atoms with van der Waals surface area (Å²) in [5, 5.41) is 10.8. The smallest absolute Gasteiger partial charge is 0.289 e. The topological polar surface area (TPSA) is 128 Å². The molecule has 0 aliphatic heterocycles. The number of hydrogen-bond acceptors (Lipinski definition) is 7. The highest BCUT2D eigenvalue weighted by molar-refractivity contribution is 7.94. The Balaban J connectivity index is 2.40. The van der Waals surface area contributed by atoms with Crippen molar-refractivity contribution >= 4 is 49.5 Å². The minimum atomic E-state index is -3.92. The molecular weight excluding hydrogens is 340 g/mol. The van der Waals surface area contributed by atoms with Crippen molar-refractivity contribution in [1.29, 1.82) is 0 Å². The van der Waals surface area contributed by atoms with Crippen molar-refractivity contribution in [3.05, 3.63) is 39.0 Å². The van der Waals surface area contributed by atoms with Gasteiger partial charge in [0.2, 0.25) is 0 Å². The van der Waals surface area contributed by atoms with E-state index in [0.29, 0.717) is 0 Å². The number of nitrogens with zero attached hydrogens (tertiary/aromatic N) is 2. The van der Waals surface area contributed by atoms with E-state index in [2.05, 4.69) is 9.71 Å². The van der Waals surface area contributed by atoms with Gasteiger partial charge in [0.1, 0.15) is 5.02 Å². The summed E-state index contributed by atoms with van der Waals surface area (Å²) < 4.78 is 26.6. The summed E-state index contributed by atoms with van der Waals surface area (Å²) in [4.78, 5) is 13.9. The number of sulfonamides is 1. The summed E-state index contributed by atoms with van der Waals surface area (Å²) >= 11 is 6.48. The van der Waals surface area contributed by atoms with Gasteiger partial charge in [0.25, 0.3) is 15.7 Å². The molecule has 1 heterocycles. The maximum absolute atomic E-state index is 12.2. The molecule has 0 unspecified atom stereocenters. The van der Waals surface area contributed by atoms with Gasteiger partial charge < -0.3 is 5.73 Å². The van der Waals surface area contributed by atoms with Crippen LogP contribution < -0.4 is 10.5 Å². The second-order valence-electron chi connectivity index (χ2n) is 3.95. The van der Waals surface area contributed by atoms with Crippen LogP contribution in [0.15, 0.2) is 22.4 Å². The fraction of sp³-hybridized carbons (Fsp3) is 0.100. The number of thiazole rings is 1. The summed E-state index contributed by atoms with van der Waals surface area (Å²) in [6.07, 6.45) is 0. The quantitative estimate of drug-likeness (QED) is 0.644. The van der Waals surface area contributed by atoms with Crippen LogP contribution in [0.4, 0.5) is 16.5 Å². The van der Waals surface area contributed by atoms with Gasteiger partial charge in [-0.2, -0.15) is 0 Å². The number of aromatic nitrogens is 1. The molecule has 1 aromatic carbocycles. The van der Waals surface area contributed by atoms with Gasteiger partial charge in [-0.05, 0) is 19.1 Å². The van der Waals surface area contributed by atoms with Crippen LogP contribution in [0, 0.1) is 17.0 Å². The predicted molar refractivity (Wildman–Crippen MR) is 80.2 cm³/mol. The zero-order valence-electron chi connectivity index (χ0n) is 10.5. The number of aryl methyl sites for hydroxylation is 1. The molecule has 112 valence electrons. The van der Waals surface area contributed by atoms with Gasteiger partial charge in [-0.3, -0.25) is 14.8 Å². The van der Waals surface area contributed by atoms with Crippen molar-refractivity contribution in [3.8, 4) is 0 Å². The normalized spacial score (nSPS) is 11.3. The molecule has 0 atom stereocenters. The summed E-state index contributed by atoms with van der Waals surface area (Å²) in [5.74, 6) is 0. The first-order valence-corrected chi connectivity index (χ1v) is 8.08. The molecule has 8 nitrogen and oxygen atoms in total. The number of benzene rings is 1. The number of nitrogens with two attached hydrogens (primary N) is 1. The summed E-state index contributed by atoms with van der Waals surface area (Å²) in [6, 6.07) is 3.61. The number of nitrogen functional groups attached to an aromatic ring is 1. The molecule has 0 fully saturated rings. The summed E-state index contributed by atoms with van der Waals surface area (Å²) in [6.45, 7) is 1.51. The van der Waals surface area contributed by atoms with Gasteiger partial charge in [-0.1, -0.05) is 22.9 Å². The van der Waals surface area contributed by atoms with E-state index >= 15 is 0 Å². The van der Waals surface area contributed by atoms with Gasteiger partial charge in [-0.25, -0.2) is 13.4 Å². The SMILES string of the molecule is Cc1nc(N)sc1S(=O)(=O)Nc1ccc(Cl)c([N+](=O)[O-])c1. The van der Waals surface area contributed by atoms with E-state index in [1.54, 1.807) is 0 Å². The molecule has 0 spiro atoms. The molecule has 0 aliphatic rings. The monoisotopic (exact) mass is 348 g/mol. The number of hydrogen-bond donors (Lipinski definition) is 2. The van der Waals surface area contributed by atoms with Crippen LogP contribution in [0.5, 0.6) is 0 Å². The second kappa shape index (κ2) is 5.47. The third-order valence-corrected chi connectivity index (χ3v) is 5.71. The number of halogens is 1. The Labute approximate surface area is 128 Å². The lowest BCUT2D eigenvalue weighted by Crippen LogP contribution is -2.12. The van der Waals surface area contributed by atoms with Crippen LogP contribution in [0.2, 0.25) is 5.02 Å². The van der Waals surface area contributed by atoms with Gasteiger partial charge >= 0.3 is 0 Å². The Hall–Kier alpha value is -1.91. The largest absolute Gasteiger partial charge is 0.375 e. The molecule has 2 rings (SSSR count). The average molecular weight is 349 g/mol. The molecule has 11 heteroatoms. The molecule has 21 heavy (non-hydrogen) atoms. The van der Waals surface area contributed by atoms with Crippen LogP contribution in [0.1, 0.15) is 5.69 Å². The van der Waals surface area contributed by atoms with Crippen molar-refractivity contribution in [2.24, 2.45) is 0 Å². The number of anilines is 2. The van der Waals surface area contributed by atoms with E-state index in [0.717, 1.165) is 17.4 Å². The Morgan fingerprint density at radius 3 is 2.67 bits per heavy atom. The fourth-order valence-corrected chi connectivity index (χ4v) is 4.11. The molecule has 0 radical (unpaired) electrons. The van der Waals surface area contributed by atoms with E-state index < -0.39 is 20.6 Å². The number of nitro groups is 1. The molecule has 1 aromatic heterocycles. The van der Waals surface area contributed by atoms with Gasteiger partial charge in [0.15, 0.2) is 9.34 Å². The molecule has 0 saturated carbocycles. The second-order valence-corrected chi connectivity index (χ2v) is 7.27. The molecule has 0 bridgehead atoms. The van der Waals surface area contributed by atoms with E-state index in [-0.39, 0.29) is 25.7 Å². The first-order chi connectivity index (χ1) is 9.70. The Morgan fingerprint density at radius 1 is 1.48 bits per heavy atom. The first kappa shape index (κ1) is 15.5. The third-order valence-electron chi connectivity index (χ3n) is 2.41. The summed E-state index contributed by atoms with van der Waals surface area (Å²) in [7, 11) is -3.92. The number of nitro benzene ring substituents is 1. The maximum atomic E-state index is 12.2. The van der Waals surface area contributed by atoms with Crippen molar-refractivity contribution in [2.75, 3.05) is 10.5 Å². The van der Waals surface area contributed by atoms with Crippen molar-refractivity contribution in [1.82, 2.24) is 4.98 Å². The number of rotatable bonds is 4. The highest BCUT2D eigenvalue weighted by atomic mass is 35.5. The van der Waals surface area contributed by atoms with E-state index in [1.807, 2.05) is 0 Å².